The summed E-state index contributed by atoms with van der Waals surface area (Å²) in [5.74, 6) is 0.724. The van der Waals surface area contributed by atoms with E-state index in [0.29, 0.717) is 6.10 Å². The highest BCUT2D eigenvalue weighted by Crippen LogP contribution is 2.15. The van der Waals surface area contributed by atoms with E-state index in [4.69, 9.17) is 4.74 Å². The van der Waals surface area contributed by atoms with E-state index in [-0.39, 0.29) is 0 Å². The predicted molar refractivity (Wildman–Crippen MR) is 86.9 cm³/mol. The van der Waals surface area contributed by atoms with E-state index in [0.717, 1.165) is 38.7 Å². The van der Waals surface area contributed by atoms with Gasteiger partial charge in [0.15, 0.2) is 0 Å². The van der Waals surface area contributed by atoms with Crippen LogP contribution in [0.4, 0.5) is 0 Å². The number of ether oxygens (including phenoxy) is 1. The summed E-state index contributed by atoms with van der Waals surface area (Å²) < 4.78 is 7.01. The van der Waals surface area contributed by atoms with E-state index in [1.165, 1.54) is 16.6 Å². The number of morpholine rings is 1. The van der Waals surface area contributed by atoms with Gasteiger partial charge in [0, 0.05) is 37.2 Å². The Kier molecular flexibility index (Phi) is 6.49. The lowest BCUT2D eigenvalue weighted by molar-refractivity contribution is -0.0303. The molecular weight excluding hydrogens is 316 g/mol. The lowest BCUT2D eigenvalue weighted by Crippen LogP contribution is -2.47. The molecule has 0 saturated carbocycles. The van der Waals surface area contributed by atoms with Crippen LogP contribution in [0.15, 0.2) is 28.7 Å². The quantitative estimate of drug-likeness (QED) is 0.861. The third-order valence-electron chi connectivity index (χ3n) is 3.49. The maximum Gasteiger partial charge on any atom is 0.0826 e. The fourth-order valence-corrected chi connectivity index (χ4v) is 3.02. The average Bonchev–Trinajstić information content (AvgIpc) is 2.41. The molecule has 1 aliphatic heterocycles. The summed E-state index contributed by atoms with van der Waals surface area (Å²) in [7, 11) is 0. The lowest BCUT2D eigenvalue weighted by atomic mass is 10.1. The highest BCUT2D eigenvalue weighted by atomic mass is 79.9. The van der Waals surface area contributed by atoms with Gasteiger partial charge in [0.1, 0.15) is 0 Å². The number of nitrogens with zero attached hydrogens (tertiary/aromatic N) is 1. The predicted octanol–water partition coefficient (Wildman–Crippen LogP) is 2.90. The summed E-state index contributed by atoms with van der Waals surface area (Å²) in [6.07, 6.45) is 0.310. The minimum absolute atomic E-state index is 0.310. The summed E-state index contributed by atoms with van der Waals surface area (Å²) in [6.45, 7) is 10.5. The molecule has 1 aromatic carbocycles. The summed E-state index contributed by atoms with van der Waals surface area (Å²) in [6, 6.07) is 8.34. The molecular formula is C16H25BrN2O. The summed E-state index contributed by atoms with van der Waals surface area (Å²) >= 11 is 3.58. The Balaban J connectivity index is 1.72. The van der Waals surface area contributed by atoms with Crippen molar-refractivity contribution < 1.29 is 4.74 Å². The molecule has 1 N–H and O–H groups in total. The number of nitrogens with one attached hydrogen (secondary N) is 1. The summed E-state index contributed by atoms with van der Waals surface area (Å²) in [4.78, 5) is 2.51. The molecule has 0 aliphatic carbocycles. The first-order valence-electron chi connectivity index (χ1n) is 7.43. The maximum atomic E-state index is 5.84. The van der Waals surface area contributed by atoms with Crippen molar-refractivity contribution in [2.75, 3.05) is 32.8 Å². The van der Waals surface area contributed by atoms with E-state index < -0.39 is 0 Å². The third kappa shape index (κ3) is 5.17. The molecule has 112 valence electrons. The third-order valence-corrected chi connectivity index (χ3v) is 4.27. The molecule has 0 aromatic heterocycles. The van der Waals surface area contributed by atoms with E-state index in [2.05, 4.69) is 58.2 Å². The monoisotopic (exact) mass is 340 g/mol. The number of benzene rings is 1. The van der Waals surface area contributed by atoms with Gasteiger partial charge >= 0.3 is 0 Å². The number of rotatable bonds is 6. The van der Waals surface area contributed by atoms with Crippen molar-refractivity contribution in [3.05, 3.63) is 34.3 Å². The van der Waals surface area contributed by atoms with Crippen molar-refractivity contribution in [3.8, 4) is 0 Å². The molecule has 0 radical (unpaired) electrons. The van der Waals surface area contributed by atoms with Gasteiger partial charge in [-0.1, -0.05) is 48.0 Å². The zero-order valence-electron chi connectivity index (χ0n) is 12.4. The van der Waals surface area contributed by atoms with Crippen LogP contribution < -0.4 is 5.32 Å². The minimum Gasteiger partial charge on any atom is -0.374 e. The Bertz CT molecular complexity index is 411. The van der Waals surface area contributed by atoms with Crippen LogP contribution in [0.3, 0.4) is 0 Å². The van der Waals surface area contributed by atoms with E-state index in [9.17, 15) is 0 Å². The molecule has 20 heavy (non-hydrogen) atoms. The fraction of sp³-hybridized carbons (Fsp3) is 0.625. The van der Waals surface area contributed by atoms with Crippen LogP contribution in [-0.2, 0) is 11.3 Å². The van der Waals surface area contributed by atoms with Gasteiger partial charge in [0.05, 0.1) is 12.7 Å². The molecule has 0 spiro atoms. The first kappa shape index (κ1) is 16.0. The van der Waals surface area contributed by atoms with Gasteiger partial charge in [-0.3, -0.25) is 4.90 Å². The van der Waals surface area contributed by atoms with Gasteiger partial charge in [-0.05, 0) is 17.5 Å². The average molecular weight is 341 g/mol. The molecule has 1 atom stereocenters. The second-order valence-corrected chi connectivity index (χ2v) is 6.72. The van der Waals surface area contributed by atoms with Crippen LogP contribution in [0.2, 0.25) is 0 Å². The van der Waals surface area contributed by atoms with Gasteiger partial charge < -0.3 is 10.1 Å². The van der Waals surface area contributed by atoms with Crippen molar-refractivity contribution in [2.45, 2.75) is 26.5 Å². The van der Waals surface area contributed by atoms with Crippen molar-refractivity contribution >= 4 is 15.9 Å². The SMILES string of the molecule is CC(C)CN1CCOC(CNCc2ccccc2Br)C1. The Hall–Kier alpha value is -0.420. The zero-order valence-corrected chi connectivity index (χ0v) is 14.0. The Morgan fingerprint density at radius 1 is 1.40 bits per heavy atom. The molecule has 1 unspecified atom stereocenters. The van der Waals surface area contributed by atoms with Crippen LogP contribution in [0, 0.1) is 5.92 Å². The van der Waals surface area contributed by atoms with Crippen LogP contribution in [0.5, 0.6) is 0 Å². The van der Waals surface area contributed by atoms with Crippen LogP contribution in [0.25, 0.3) is 0 Å². The molecule has 4 heteroatoms. The van der Waals surface area contributed by atoms with Crippen molar-refractivity contribution in [3.63, 3.8) is 0 Å². The number of hydrogen-bond donors (Lipinski definition) is 1. The standard InChI is InChI=1S/C16H25BrN2O/c1-13(2)11-19-7-8-20-15(12-19)10-18-9-14-5-3-4-6-16(14)17/h3-6,13,15,18H,7-12H2,1-2H3. The number of hydrogen-bond acceptors (Lipinski definition) is 3. The largest absolute Gasteiger partial charge is 0.374 e. The second kappa shape index (κ2) is 8.13. The fourth-order valence-electron chi connectivity index (χ4n) is 2.60. The van der Waals surface area contributed by atoms with Crippen LogP contribution in [-0.4, -0.2) is 43.8 Å². The molecule has 1 fully saturated rings. The van der Waals surface area contributed by atoms with Gasteiger partial charge in [-0.25, -0.2) is 0 Å². The Morgan fingerprint density at radius 3 is 2.95 bits per heavy atom. The molecule has 1 aliphatic rings. The maximum absolute atomic E-state index is 5.84. The van der Waals surface area contributed by atoms with Crippen molar-refractivity contribution in [1.82, 2.24) is 10.2 Å². The number of halogens is 1. The molecule has 1 saturated heterocycles. The smallest absolute Gasteiger partial charge is 0.0826 e. The summed E-state index contributed by atoms with van der Waals surface area (Å²) in [5.41, 5.74) is 1.29. The van der Waals surface area contributed by atoms with Crippen molar-refractivity contribution in [1.29, 1.82) is 0 Å². The zero-order chi connectivity index (χ0) is 14.4. The molecule has 0 amide bonds. The van der Waals surface area contributed by atoms with Gasteiger partial charge in [0.2, 0.25) is 0 Å². The molecule has 2 rings (SSSR count). The molecule has 0 bridgehead atoms. The second-order valence-electron chi connectivity index (χ2n) is 5.87. The van der Waals surface area contributed by atoms with Gasteiger partial charge in [-0.2, -0.15) is 0 Å². The Labute approximate surface area is 130 Å². The van der Waals surface area contributed by atoms with Gasteiger partial charge in [-0.15, -0.1) is 0 Å². The van der Waals surface area contributed by atoms with Gasteiger partial charge in [0.25, 0.3) is 0 Å². The molecule has 1 aromatic rings. The highest BCUT2D eigenvalue weighted by molar-refractivity contribution is 9.10. The molecule has 1 heterocycles. The van der Waals surface area contributed by atoms with Crippen LogP contribution >= 0.6 is 15.9 Å². The normalized spacial score (nSPS) is 20.5. The Morgan fingerprint density at radius 2 is 2.20 bits per heavy atom. The van der Waals surface area contributed by atoms with E-state index in [1.54, 1.807) is 0 Å². The van der Waals surface area contributed by atoms with Crippen molar-refractivity contribution in [2.24, 2.45) is 5.92 Å². The molecule has 3 nitrogen and oxygen atoms in total. The van der Waals surface area contributed by atoms with Crippen LogP contribution in [0.1, 0.15) is 19.4 Å². The van der Waals surface area contributed by atoms with E-state index >= 15 is 0 Å². The lowest BCUT2D eigenvalue weighted by Gasteiger charge is -2.34. The van der Waals surface area contributed by atoms with E-state index in [1.807, 2.05) is 6.07 Å². The first-order chi connectivity index (χ1) is 9.65. The minimum atomic E-state index is 0.310. The first-order valence-corrected chi connectivity index (χ1v) is 8.22. The topological polar surface area (TPSA) is 24.5 Å². The summed E-state index contributed by atoms with van der Waals surface area (Å²) in [5, 5.41) is 3.50. The highest BCUT2D eigenvalue weighted by Gasteiger charge is 2.20.